The van der Waals surface area contributed by atoms with E-state index >= 15 is 0 Å². The first-order valence-corrected chi connectivity index (χ1v) is 11.8. The highest BCUT2D eigenvalue weighted by Crippen LogP contribution is 2.41. The summed E-state index contributed by atoms with van der Waals surface area (Å²) in [5, 5.41) is 4.38. The summed E-state index contributed by atoms with van der Waals surface area (Å²) in [6.45, 7) is 10.3. The van der Waals surface area contributed by atoms with E-state index in [0.29, 0.717) is 23.8 Å². The molecule has 0 amide bonds. The minimum atomic E-state index is -0.348. The largest absolute Gasteiger partial charge is 0.494 e. The van der Waals surface area contributed by atoms with Crippen LogP contribution >= 0.6 is 11.3 Å². The van der Waals surface area contributed by atoms with Crippen molar-refractivity contribution in [1.82, 2.24) is 9.97 Å². The molecule has 2 aromatic carbocycles. The smallest absolute Gasteiger partial charge is 0.338 e. The van der Waals surface area contributed by atoms with Crippen molar-refractivity contribution < 1.29 is 14.3 Å². The lowest BCUT2D eigenvalue weighted by molar-refractivity contribution is 0.0378. The van der Waals surface area contributed by atoms with E-state index in [9.17, 15) is 4.79 Å². The molecule has 6 nitrogen and oxygen atoms in total. The fourth-order valence-corrected chi connectivity index (χ4v) is 4.77. The van der Waals surface area contributed by atoms with E-state index in [0.717, 1.165) is 37.7 Å². The van der Waals surface area contributed by atoms with Crippen molar-refractivity contribution in [3.63, 3.8) is 0 Å². The van der Waals surface area contributed by atoms with Gasteiger partial charge in [0.1, 0.15) is 22.2 Å². The Morgan fingerprint density at radius 1 is 1.09 bits per heavy atom. The fourth-order valence-electron chi connectivity index (χ4n) is 3.68. The number of ether oxygens (including phenoxy) is 2. The number of esters is 1. The maximum atomic E-state index is 12.4. The highest BCUT2D eigenvalue weighted by molar-refractivity contribution is 7.19. The zero-order chi connectivity index (χ0) is 23.5. The average Bonchev–Trinajstić information content (AvgIpc) is 3.10. The highest BCUT2D eigenvalue weighted by atomic mass is 32.1. The number of aryl methyl sites for hydroxylation is 2. The summed E-state index contributed by atoms with van der Waals surface area (Å²) < 4.78 is 10.9. The minimum Gasteiger partial charge on any atom is -0.494 e. The van der Waals surface area contributed by atoms with Gasteiger partial charge in [-0.25, -0.2) is 14.8 Å². The summed E-state index contributed by atoms with van der Waals surface area (Å²) in [6, 6.07) is 15.3. The molecular weight excluding hydrogens is 434 g/mol. The molecule has 0 aliphatic carbocycles. The summed E-state index contributed by atoms with van der Waals surface area (Å²) in [7, 11) is 0. The van der Waals surface area contributed by atoms with Crippen LogP contribution in [0.2, 0.25) is 0 Å². The molecule has 0 spiro atoms. The van der Waals surface area contributed by atoms with Gasteiger partial charge < -0.3 is 14.8 Å². The third-order valence-corrected chi connectivity index (χ3v) is 6.00. The van der Waals surface area contributed by atoms with Gasteiger partial charge in [0.05, 0.1) is 23.7 Å². The average molecular weight is 462 g/mol. The van der Waals surface area contributed by atoms with E-state index in [1.165, 1.54) is 0 Å². The van der Waals surface area contributed by atoms with Crippen molar-refractivity contribution in [2.45, 2.75) is 40.7 Å². The van der Waals surface area contributed by atoms with Crippen LogP contribution in [-0.2, 0) is 4.74 Å². The van der Waals surface area contributed by atoms with Crippen LogP contribution in [0.15, 0.2) is 48.5 Å². The Labute approximate surface area is 197 Å². The number of nitrogens with one attached hydrogen (secondary N) is 1. The predicted octanol–water partition coefficient (Wildman–Crippen LogP) is 6.68. The number of thiophene rings is 1. The fraction of sp³-hybridized carbons (Fsp3) is 0.269. The first-order valence-electron chi connectivity index (χ1n) is 10.9. The van der Waals surface area contributed by atoms with Crippen molar-refractivity contribution in [3.8, 4) is 16.9 Å². The van der Waals surface area contributed by atoms with Crippen LogP contribution in [0.5, 0.6) is 5.75 Å². The molecule has 2 heterocycles. The van der Waals surface area contributed by atoms with Crippen molar-refractivity contribution >= 4 is 39.0 Å². The topological polar surface area (TPSA) is 73.3 Å². The molecule has 0 unspecified atom stereocenters. The quantitative estimate of drug-likeness (QED) is 0.309. The molecule has 0 fully saturated rings. The van der Waals surface area contributed by atoms with Crippen LogP contribution in [0.25, 0.3) is 21.3 Å². The maximum absolute atomic E-state index is 12.4. The van der Waals surface area contributed by atoms with E-state index in [2.05, 4.69) is 29.4 Å². The first kappa shape index (κ1) is 22.7. The van der Waals surface area contributed by atoms with Gasteiger partial charge >= 0.3 is 5.97 Å². The highest BCUT2D eigenvalue weighted by Gasteiger charge is 2.19. The Balaban J connectivity index is 1.76. The number of aromatic nitrogens is 2. The van der Waals surface area contributed by atoms with E-state index in [4.69, 9.17) is 14.5 Å². The van der Waals surface area contributed by atoms with Crippen LogP contribution in [0.1, 0.15) is 41.8 Å². The van der Waals surface area contributed by atoms with Gasteiger partial charge in [-0.15, -0.1) is 11.3 Å². The maximum Gasteiger partial charge on any atom is 0.338 e. The molecule has 0 atom stereocenters. The van der Waals surface area contributed by atoms with Crippen molar-refractivity contribution in [1.29, 1.82) is 0 Å². The van der Waals surface area contributed by atoms with Crippen molar-refractivity contribution in [3.05, 3.63) is 64.8 Å². The Morgan fingerprint density at radius 3 is 2.55 bits per heavy atom. The van der Waals surface area contributed by atoms with Gasteiger partial charge in [0.15, 0.2) is 0 Å². The Morgan fingerprint density at radius 2 is 1.85 bits per heavy atom. The molecule has 1 N–H and O–H groups in total. The standard InChI is InChI=1S/C26H27N3O3S/c1-6-31-21-12-10-18(11-13-21)22-16(4)33-25-23(22)24(27-17(5)28-25)29-20-9-7-8-19(14-20)26(30)32-15(2)3/h7-15H,6H2,1-5H3,(H,27,28,29). The molecule has 2 aromatic heterocycles. The van der Waals surface area contributed by atoms with Gasteiger partial charge in [0.2, 0.25) is 0 Å². The zero-order valence-electron chi connectivity index (χ0n) is 19.4. The molecule has 0 aliphatic rings. The van der Waals surface area contributed by atoms with Gasteiger partial charge in [-0.1, -0.05) is 18.2 Å². The van der Waals surface area contributed by atoms with Crippen LogP contribution in [0.4, 0.5) is 11.5 Å². The van der Waals surface area contributed by atoms with Crippen LogP contribution in [0.3, 0.4) is 0 Å². The van der Waals surface area contributed by atoms with Crippen molar-refractivity contribution in [2.75, 3.05) is 11.9 Å². The van der Waals surface area contributed by atoms with E-state index in [-0.39, 0.29) is 12.1 Å². The second-order valence-corrected chi connectivity index (χ2v) is 9.15. The number of hydrogen-bond acceptors (Lipinski definition) is 7. The Kier molecular flexibility index (Phi) is 6.60. The van der Waals surface area contributed by atoms with Gasteiger partial charge in [-0.05, 0) is 70.5 Å². The van der Waals surface area contributed by atoms with Gasteiger partial charge in [-0.2, -0.15) is 0 Å². The van der Waals surface area contributed by atoms with Gasteiger partial charge in [-0.3, -0.25) is 0 Å². The number of carbonyl (C=O) groups excluding carboxylic acids is 1. The van der Waals surface area contributed by atoms with Crippen molar-refractivity contribution in [2.24, 2.45) is 0 Å². The number of nitrogens with zero attached hydrogens (tertiary/aromatic N) is 2. The number of benzene rings is 2. The molecule has 0 aliphatic heterocycles. The number of carbonyl (C=O) groups is 1. The third-order valence-electron chi connectivity index (χ3n) is 5.00. The molecule has 0 saturated carbocycles. The van der Waals surface area contributed by atoms with Crippen LogP contribution < -0.4 is 10.1 Å². The summed E-state index contributed by atoms with van der Waals surface area (Å²) >= 11 is 1.65. The molecule has 7 heteroatoms. The monoisotopic (exact) mass is 461 g/mol. The second-order valence-electron chi connectivity index (χ2n) is 7.95. The number of hydrogen-bond donors (Lipinski definition) is 1. The summed E-state index contributed by atoms with van der Waals surface area (Å²) in [5.41, 5.74) is 3.42. The Hall–Kier alpha value is -3.45. The minimum absolute atomic E-state index is 0.177. The van der Waals surface area contributed by atoms with Gasteiger partial charge in [0, 0.05) is 16.1 Å². The van der Waals surface area contributed by atoms with E-state index in [1.807, 2.05) is 52.0 Å². The normalized spacial score (nSPS) is 11.1. The molecule has 4 aromatic rings. The van der Waals surface area contributed by atoms with E-state index < -0.39 is 0 Å². The zero-order valence-corrected chi connectivity index (χ0v) is 20.2. The molecular formula is C26H27N3O3S. The first-order chi connectivity index (χ1) is 15.9. The predicted molar refractivity (Wildman–Crippen MR) is 134 cm³/mol. The number of anilines is 2. The van der Waals surface area contributed by atoms with Crippen LogP contribution in [0, 0.1) is 13.8 Å². The van der Waals surface area contributed by atoms with E-state index in [1.54, 1.807) is 23.5 Å². The molecule has 170 valence electrons. The Bertz CT molecular complexity index is 1300. The summed E-state index contributed by atoms with van der Waals surface area (Å²) in [4.78, 5) is 23.8. The third kappa shape index (κ3) is 4.98. The number of fused-ring (bicyclic) bond motifs is 1. The second kappa shape index (κ2) is 9.58. The summed E-state index contributed by atoms with van der Waals surface area (Å²) in [6.07, 6.45) is -0.177. The van der Waals surface area contributed by atoms with Crippen LogP contribution in [-0.4, -0.2) is 28.6 Å². The molecule has 33 heavy (non-hydrogen) atoms. The molecule has 0 saturated heterocycles. The van der Waals surface area contributed by atoms with Gasteiger partial charge in [0.25, 0.3) is 0 Å². The molecule has 0 bridgehead atoms. The SMILES string of the molecule is CCOc1ccc(-c2c(C)sc3nc(C)nc(Nc4cccc(C(=O)OC(C)C)c4)c23)cc1. The lowest BCUT2D eigenvalue weighted by Gasteiger charge is -2.12. The molecule has 4 rings (SSSR count). The number of rotatable bonds is 7. The molecule has 0 radical (unpaired) electrons. The lowest BCUT2D eigenvalue weighted by atomic mass is 10.0. The summed E-state index contributed by atoms with van der Waals surface area (Å²) in [5.74, 6) is 1.88. The lowest BCUT2D eigenvalue weighted by Crippen LogP contribution is -2.11.